The molecule has 0 heterocycles. The van der Waals surface area contributed by atoms with Crippen molar-refractivity contribution in [2.24, 2.45) is 17.6 Å². The van der Waals surface area contributed by atoms with Crippen molar-refractivity contribution >= 4 is 0 Å². The van der Waals surface area contributed by atoms with Crippen LogP contribution in [0, 0.1) is 11.8 Å². The van der Waals surface area contributed by atoms with Crippen molar-refractivity contribution in [2.45, 2.75) is 44.9 Å². The average molecular weight is 261 g/mol. The van der Waals surface area contributed by atoms with Crippen LogP contribution in [-0.2, 0) is 6.42 Å². The second-order valence-corrected chi connectivity index (χ2v) is 5.90. The summed E-state index contributed by atoms with van der Waals surface area (Å²) in [5, 5.41) is 9.22. The summed E-state index contributed by atoms with van der Waals surface area (Å²) < 4.78 is 0. The van der Waals surface area contributed by atoms with E-state index in [9.17, 15) is 5.11 Å². The van der Waals surface area contributed by atoms with Gasteiger partial charge in [0.2, 0.25) is 0 Å². The Morgan fingerprint density at radius 2 is 1.79 bits per heavy atom. The molecule has 2 nitrogen and oxygen atoms in total. The maximum Gasteiger partial charge on any atom is 0.0459 e. The van der Waals surface area contributed by atoms with Crippen LogP contribution in [0.25, 0.3) is 0 Å². The van der Waals surface area contributed by atoms with Gasteiger partial charge in [0, 0.05) is 6.61 Å². The first kappa shape index (κ1) is 14.5. The zero-order valence-corrected chi connectivity index (χ0v) is 12.0. The lowest BCUT2D eigenvalue weighted by molar-refractivity contribution is 0.158. The summed E-state index contributed by atoms with van der Waals surface area (Å²) in [6, 6.07) is 8.98. The lowest BCUT2D eigenvalue weighted by Gasteiger charge is -2.33. The summed E-state index contributed by atoms with van der Waals surface area (Å²) in [4.78, 5) is 0. The second-order valence-electron chi connectivity index (χ2n) is 5.90. The predicted molar refractivity (Wildman–Crippen MR) is 80.1 cm³/mol. The number of aliphatic hydroxyl groups excluding tert-OH is 1. The Balaban J connectivity index is 2.03. The Kier molecular flexibility index (Phi) is 5.41. The maximum absolute atomic E-state index is 9.22. The number of aliphatic hydroxyl groups is 1. The molecule has 0 amide bonds. The Bertz CT molecular complexity index is 365. The minimum absolute atomic E-state index is 0.352. The molecule has 1 aliphatic rings. The van der Waals surface area contributed by atoms with E-state index in [2.05, 4.69) is 31.2 Å². The quantitative estimate of drug-likeness (QED) is 0.855. The van der Waals surface area contributed by atoms with Gasteiger partial charge in [-0.1, -0.05) is 31.2 Å². The highest BCUT2D eigenvalue weighted by Gasteiger charge is 2.27. The van der Waals surface area contributed by atoms with Gasteiger partial charge in [-0.2, -0.15) is 0 Å². The van der Waals surface area contributed by atoms with E-state index in [0.29, 0.717) is 24.4 Å². The largest absolute Gasteiger partial charge is 0.396 e. The Labute approximate surface area is 117 Å². The van der Waals surface area contributed by atoms with Gasteiger partial charge in [0.05, 0.1) is 0 Å². The molecule has 1 aromatic rings. The molecule has 3 N–H and O–H groups in total. The molecule has 0 saturated heterocycles. The molecule has 1 saturated carbocycles. The Morgan fingerprint density at radius 3 is 2.26 bits per heavy atom. The molecule has 0 bridgehead atoms. The van der Waals surface area contributed by atoms with Crippen LogP contribution >= 0.6 is 0 Å². The molecule has 1 fully saturated rings. The minimum atomic E-state index is 0.352. The van der Waals surface area contributed by atoms with E-state index in [0.717, 1.165) is 25.8 Å². The standard InChI is InChI=1S/C17H27NO/c1-2-13-3-7-15(8-4-13)17(11-18)16-9-5-14(12-19)6-10-16/h3-4,7-8,14,16-17,19H,2,5-6,9-12,18H2,1H3. The van der Waals surface area contributed by atoms with E-state index in [4.69, 9.17) is 5.73 Å². The van der Waals surface area contributed by atoms with Crippen molar-refractivity contribution in [1.29, 1.82) is 0 Å². The zero-order valence-electron chi connectivity index (χ0n) is 12.0. The van der Waals surface area contributed by atoms with Crippen LogP contribution in [-0.4, -0.2) is 18.3 Å². The van der Waals surface area contributed by atoms with Gasteiger partial charge in [0.15, 0.2) is 0 Å². The highest BCUT2D eigenvalue weighted by Crippen LogP contribution is 2.37. The fourth-order valence-corrected chi connectivity index (χ4v) is 3.37. The molecule has 0 aromatic heterocycles. The molecule has 0 spiro atoms. The first-order valence-corrected chi connectivity index (χ1v) is 7.68. The van der Waals surface area contributed by atoms with Gasteiger partial charge in [-0.3, -0.25) is 0 Å². The van der Waals surface area contributed by atoms with Crippen molar-refractivity contribution in [3.63, 3.8) is 0 Å². The highest BCUT2D eigenvalue weighted by atomic mass is 16.3. The fraction of sp³-hybridized carbons (Fsp3) is 0.647. The van der Waals surface area contributed by atoms with Gasteiger partial charge < -0.3 is 10.8 Å². The van der Waals surface area contributed by atoms with Crippen molar-refractivity contribution in [2.75, 3.05) is 13.2 Å². The topological polar surface area (TPSA) is 46.2 Å². The van der Waals surface area contributed by atoms with Crippen LogP contribution in [0.5, 0.6) is 0 Å². The van der Waals surface area contributed by atoms with Crippen molar-refractivity contribution in [1.82, 2.24) is 0 Å². The number of aryl methyl sites for hydroxylation is 1. The van der Waals surface area contributed by atoms with E-state index >= 15 is 0 Å². The molecule has 1 aliphatic carbocycles. The van der Waals surface area contributed by atoms with Gasteiger partial charge >= 0.3 is 0 Å². The van der Waals surface area contributed by atoms with Gasteiger partial charge in [-0.25, -0.2) is 0 Å². The van der Waals surface area contributed by atoms with E-state index in [1.54, 1.807) is 0 Å². The molecule has 0 aliphatic heterocycles. The van der Waals surface area contributed by atoms with Crippen LogP contribution in [0.4, 0.5) is 0 Å². The summed E-state index contributed by atoms with van der Waals surface area (Å²) in [7, 11) is 0. The van der Waals surface area contributed by atoms with Gasteiger partial charge in [-0.15, -0.1) is 0 Å². The number of rotatable bonds is 5. The Hall–Kier alpha value is -0.860. The van der Waals surface area contributed by atoms with E-state index in [1.165, 1.54) is 24.0 Å². The first-order chi connectivity index (χ1) is 9.28. The number of hydrogen-bond acceptors (Lipinski definition) is 2. The molecule has 1 unspecified atom stereocenters. The molecule has 19 heavy (non-hydrogen) atoms. The van der Waals surface area contributed by atoms with Crippen LogP contribution in [0.3, 0.4) is 0 Å². The van der Waals surface area contributed by atoms with E-state index in [-0.39, 0.29) is 0 Å². The van der Waals surface area contributed by atoms with Crippen LogP contribution in [0.2, 0.25) is 0 Å². The third-order valence-electron chi connectivity index (χ3n) is 4.79. The number of hydrogen-bond donors (Lipinski definition) is 2. The Morgan fingerprint density at radius 1 is 1.16 bits per heavy atom. The predicted octanol–water partition coefficient (Wildman–Crippen LogP) is 3.09. The summed E-state index contributed by atoms with van der Waals surface area (Å²) in [5.74, 6) is 1.71. The molecular weight excluding hydrogens is 234 g/mol. The van der Waals surface area contributed by atoms with Gasteiger partial charge in [-0.05, 0) is 67.5 Å². The van der Waals surface area contributed by atoms with E-state index in [1.807, 2.05) is 0 Å². The smallest absolute Gasteiger partial charge is 0.0459 e. The molecule has 2 heteroatoms. The molecule has 1 atom stereocenters. The second kappa shape index (κ2) is 7.06. The van der Waals surface area contributed by atoms with Crippen molar-refractivity contribution in [3.8, 4) is 0 Å². The maximum atomic E-state index is 9.22. The number of nitrogens with two attached hydrogens (primary N) is 1. The van der Waals surface area contributed by atoms with Crippen molar-refractivity contribution < 1.29 is 5.11 Å². The summed E-state index contributed by atoms with van der Waals surface area (Å²) in [6.07, 6.45) is 5.83. The molecule has 1 aromatic carbocycles. The fourth-order valence-electron chi connectivity index (χ4n) is 3.37. The summed E-state index contributed by atoms with van der Waals surface area (Å²) >= 11 is 0. The third kappa shape index (κ3) is 3.58. The molecule has 0 radical (unpaired) electrons. The highest BCUT2D eigenvalue weighted by molar-refractivity contribution is 5.26. The lowest BCUT2D eigenvalue weighted by Crippen LogP contribution is -2.26. The SMILES string of the molecule is CCc1ccc(C(CN)C2CCC(CO)CC2)cc1. The summed E-state index contributed by atoms with van der Waals surface area (Å²) in [6.45, 7) is 3.27. The van der Waals surface area contributed by atoms with E-state index < -0.39 is 0 Å². The van der Waals surface area contributed by atoms with Crippen LogP contribution < -0.4 is 5.73 Å². The first-order valence-electron chi connectivity index (χ1n) is 7.68. The zero-order chi connectivity index (χ0) is 13.7. The van der Waals surface area contributed by atoms with Gasteiger partial charge in [0.25, 0.3) is 0 Å². The summed E-state index contributed by atoms with van der Waals surface area (Å²) in [5.41, 5.74) is 8.81. The molecule has 106 valence electrons. The third-order valence-corrected chi connectivity index (χ3v) is 4.79. The molecule has 2 rings (SSSR count). The lowest BCUT2D eigenvalue weighted by atomic mass is 9.73. The van der Waals surface area contributed by atoms with Crippen molar-refractivity contribution in [3.05, 3.63) is 35.4 Å². The number of benzene rings is 1. The van der Waals surface area contributed by atoms with Gasteiger partial charge in [0.1, 0.15) is 0 Å². The minimum Gasteiger partial charge on any atom is -0.396 e. The van der Waals surface area contributed by atoms with Crippen LogP contribution in [0.1, 0.15) is 49.7 Å². The monoisotopic (exact) mass is 261 g/mol. The normalized spacial score (nSPS) is 25.2. The molecular formula is C17H27NO. The van der Waals surface area contributed by atoms with Crippen LogP contribution in [0.15, 0.2) is 24.3 Å². The average Bonchev–Trinajstić information content (AvgIpc) is 2.49.